The summed E-state index contributed by atoms with van der Waals surface area (Å²) >= 11 is 5.01. The number of nitrogens with one attached hydrogen (secondary N) is 2. The van der Waals surface area contributed by atoms with Crippen molar-refractivity contribution in [3.8, 4) is 0 Å². The second-order valence-corrected chi connectivity index (χ2v) is 3.23. The van der Waals surface area contributed by atoms with Gasteiger partial charge in [0.1, 0.15) is 21.8 Å². The van der Waals surface area contributed by atoms with E-state index in [1.807, 2.05) is 0 Å². The summed E-state index contributed by atoms with van der Waals surface area (Å²) in [7, 11) is 1.70. The van der Waals surface area contributed by atoms with Crippen LogP contribution in [-0.4, -0.2) is 29.6 Å². The number of carbonyl (C=O) groups is 1. The smallest absolute Gasteiger partial charge is 0.344 e. The Labute approximate surface area is 92.9 Å². The van der Waals surface area contributed by atoms with Crippen LogP contribution in [0.1, 0.15) is 23.1 Å². The third kappa shape index (κ3) is 2.53. The van der Waals surface area contributed by atoms with E-state index >= 15 is 0 Å². The van der Waals surface area contributed by atoms with Gasteiger partial charge in [0.05, 0.1) is 6.61 Å². The van der Waals surface area contributed by atoms with Crippen molar-refractivity contribution < 1.29 is 9.53 Å². The Bertz CT molecular complexity index is 428. The molecule has 1 aromatic heterocycles. The van der Waals surface area contributed by atoms with Gasteiger partial charge in [-0.15, -0.1) is 0 Å². The monoisotopic (exact) mass is 227 g/mol. The molecular formula is C9H13N3O2S. The van der Waals surface area contributed by atoms with Crippen molar-refractivity contribution in [1.82, 2.24) is 9.97 Å². The molecule has 82 valence electrons. The lowest BCUT2D eigenvalue weighted by Crippen LogP contribution is -2.12. The van der Waals surface area contributed by atoms with Crippen LogP contribution in [0.4, 0.5) is 5.82 Å². The lowest BCUT2D eigenvalue weighted by molar-refractivity contribution is 0.0526. The van der Waals surface area contributed by atoms with E-state index in [0.29, 0.717) is 18.2 Å². The molecule has 1 heterocycles. The van der Waals surface area contributed by atoms with Crippen molar-refractivity contribution in [2.24, 2.45) is 0 Å². The van der Waals surface area contributed by atoms with Crippen LogP contribution in [0.5, 0.6) is 0 Å². The molecule has 0 aliphatic carbocycles. The predicted molar refractivity (Wildman–Crippen MR) is 59.7 cm³/mol. The standard InChI is InChI=1S/C9H13N3O2S/c1-4-14-9(13)6-7(10-3)11-5(2)12-8(6)15/h4H2,1-3H3,(H2,10,11,12,15). The van der Waals surface area contributed by atoms with Crippen LogP contribution in [0.2, 0.25) is 0 Å². The van der Waals surface area contributed by atoms with Gasteiger partial charge in [0.25, 0.3) is 0 Å². The number of anilines is 1. The quantitative estimate of drug-likeness (QED) is 0.607. The first-order chi connectivity index (χ1) is 7.10. The highest BCUT2D eigenvalue weighted by molar-refractivity contribution is 7.71. The highest BCUT2D eigenvalue weighted by atomic mass is 32.1. The molecule has 0 fully saturated rings. The first-order valence-corrected chi connectivity index (χ1v) is 4.96. The Balaban J connectivity index is 3.27. The number of aromatic nitrogens is 2. The van der Waals surface area contributed by atoms with Gasteiger partial charge in [-0.05, 0) is 13.8 Å². The van der Waals surface area contributed by atoms with Crippen LogP contribution in [0.25, 0.3) is 0 Å². The zero-order valence-electron chi connectivity index (χ0n) is 8.88. The molecule has 0 atom stereocenters. The van der Waals surface area contributed by atoms with Gasteiger partial charge in [-0.1, -0.05) is 12.2 Å². The number of nitrogens with zero attached hydrogens (tertiary/aromatic N) is 1. The van der Waals surface area contributed by atoms with Gasteiger partial charge in [0.15, 0.2) is 0 Å². The van der Waals surface area contributed by atoms with Gasteiger partial charge >= 0.3 is 5.97 Å². The largest absolute Gasteiger partial charge is 0.462 e. The first-order valence-electron chi connectivity index (χ1n) is 4.56. The average Bonchev–Trinajstić information content (AvgIpc) is 2.16. The van der Waals surface area contributed by atoms with Crippen LogP contribution in [0.15, 0.2) is 0 Å². The maximum Gasteiger partial charge on any atom is 0.344 e. The van der Waals surface area contributed by atoms with Crippen LogP contribution < -0.4 is 5.32 Å². The molecule has 15 heavy (non-hydrogen) atoms. The molecule has 0 saturated heterocycles. The highest BCUT2D eigenvalue weighted by Gasteiger charge is 2.15. The Kier molecular flexibility index (Phi) is 3.79. The van der Waals surface area contributed by atoms with E-state index in [9.17, 15) is 4.79 Å². The van der Waals surface area contributed by atoms with Gasteiger partial charge in [0.2, 0.25) is 0 Å². The zero-order valence-corrected chi connectivity index (χ0v) is 9.70. The van der Waals surface area contributed by atoms with Crippen LogP contribution in [-0.2, 0) is 4.74 Å². The minimum Gasteiger partial charge on any atom is -0.462 e. The zero-order chi connectivity index (χ0) is 11.4. The van der Waals surface area contributed by atoms with Crippen LogP contribution in [0.3, 0.4) is 0 Å². The number of rotatable bonds is 3. The molecule has 2 N–H and O–H groups in total. The summed E-state index contributed by atoms with van der Waals surface area (Å²) in [6.07, 6.45) is 0. The van der Waals surface area contributed by atoms with E-state index in [1.165, 1.54) is 0 Å². The number of esters is 1. The fourth-order valence-corrected chi connectivity index (χ4v) is 1.49. The van der Waals surface area contributed by atoms with Gasteiger partial charge in [-0.2, -0.15) is 0 Å². The van der Waals surface area contributed by atoms with Gasteiger partial charge < -0.3 is 15.0 Å². The highest BCUT2D eigenvalue weighted by Crippen LogP contribution is 2.14. The van der Waals surface area contributed by atoms with Gasteiger partial charge in [-0.3, -0.25) is 0 Å². The van der Waals surface area contributed by atoms with E-state index in [2.05, 4.69) is 15.3 Å². The topological polar surface area (TPSA) is 67.0 Å². The average molecular weight is 227 g/mol. The molecule has 5 nitrogen and oxygen atoms in total. The molecule has 1 aromatic rings. The summed E-state index contributed by atoms with van der Waals surface area (Å²) in [6, 6.07) is 0. The maximum atomic E-state index is 11.6. The molecule has 0 aromatic carbocycles. The molecule has 6 heteroatoms. The summed E-state index contributed by atoms with van der Waals surface area (Å²) in [4.78, 5) is 18.5. The molecule has 0 bridgehead atoms. The van der Waals surface area contributed by atoms with E-state index in [0.717, 1.165) is 0 Å². The van der Waals surface area contributed by atoms with Gasteiger partial charge in [-0.25, -0.2) is 9.78 Å². The molecule has 0 unspecified atom stereocenters. The van der Waals surface area contributed by atoms with E-state index in [-0.39, 0.29) is 10.2 Å². The SMILES string of the molecule is CCOC(=O)c1c(NC)[nH]c(C)nc1=S. The van der Waals surface area contributed by atoms with Crippen molar-refractivity contribution in [2.75, 3.05) is 19.0 Å². The molecule has 1 rings (SSSR count). The number of aryl methyl sites for hydroxylation is 1. The number of carbonyl (C=O) groups excluding carboxylic acids is 1. The maximum absolute atomic E-state index is 11.6. The number of hydrogen-bond acceptors (Lipinski definition) is 5. The Morgan fingerprint density at radius 1 is 1.67 bits per heavy atom. The van der Waals surface area contributed by atoms with Crippen molar-refractivity contribution in [2.45, 2.75) is 13.8 Å². The summed E-state index contributed by atoms with van der Waals surface area (Å²) in [5.41, 5.74) is 0.278. The van der Waals surface area contributed by atoms with E-state index < -0.39 is 5.97 Å². The van der Waals surface area contributed by atoms with Crippen molar-refractivity contribution in [1.29, 1.82) is 0 Å². The molecule has 0 amide bonds. The fourth-order valence-electron chi connectivity index (χ4n) is 1.17. The summed E-state index contributed by atoms with van der Waals surface area (Å²) in [6.45, 7) is 3.82. The van der Waals surface area contributed by atoms with Crippen LogP contribution >= 0.6 is 12.2 Å². The summed E-state index contributed by atoms with van der Waals surface area (Å²) in [5, 5.41) is 2.85. The van der Waals surface area contributed by atoms with Crippen molar-refractivity contribution in [3.63, 3.8) is 0 Å². The molecule has 0 aliphatic heterocycles. The number of H-pyrrole nitrogens is 1. The van der Waals surface area contributed by atoms with Gasteiger partial charge in [0, 0.05) is 7.05 Å². The van der Waals surface area contributed by atoms with Crippen molar-refractivity contribution in [3.05, 3.63) is 16.0 Å². The molecular weight excluding hydrogens is 214 g/mol. The fraction of sp³-hybridized carbons (Fsp3) is 0.444. The summed E-state index contributed by atoms with van der Waals surface area (Å²) in [5.74, 6) is 0.721. The number of aromatic amines is 1. The Morgan fingerprint density at radius 3 is 2.87 bits per heavy atom. The number of hydrogen-bond donors (Lipinski definition) is 2. The minimum atomic E-state index is -0.462. The molecule has 0 saturated carbocycles. The summed E-state index contributed by atoms with van der Waals surface area (Å²) < 4.78 is 5.13. The van der Waals surface area contributed by atoms with E-state index in [1.54, 1.807) is 20.9 Å². The molecule has 0 radical (unpaired) electrons. The van der Waals surface area contributed by atoms with E-state index in [4.69, 9.17) is 17.0 Å². The Morgan fingerprint density at radius 2 is 2.33 bits per heavy atom. The van der Waals surface area contributed by atoms with Crippen LogP contribution in [0, 0.1) is 11.6 Å². The second kappa shape index (κ2) is 4.88. The molecule has 0 aliphatic rings. The predicted octanol–water partition coefficient (Wildman–Crippen LogP) is 1.67. The normalized spacial score (nSPS) is 9.80. The lowest BCUT2D eigenvalue weighted by atomic mass is 10.3. The third-order valence-electron chi connectivity index (χ3n) is 1.77. The Hall–Kier alpha value is -1.43. The second-order valence-electron chi connectivity index (χ2n) is 2.85. The number of ether oxygens (including phenoxy) is 1. The van der Waals surface area contributed by atoms with Crippen molar-refractivity contribution >= 4 is 24.0 Å². The lowest BCUT2D eigenvalue weighted by Gasteiger charge is -2.08. The third-order valence-corrected chi connectivity index (χ3v) is 2.06. The minimum absolute atomic E-state index is 0.244. The first kappa shape index (κ1) is 11.6. The molecule has 0 spiro atoms.